The number of aromatic nitrogens is 3. The molecule has 0 spiro atoms. The lowest BCUT2D eigenvalue weighted by Gasteiger charge is -2.04. The van der Waals surface area contributed by atoms with Gasteiger partial charge >= 0.3 is 5.97 Å². The molecule has 3 rings (SSSR count). The molecular weight excluding hydrogens is 246 g/mol. The molecule has 0 bridgehead atoms. The van der Waals surface area contributed by atoms with Gasteiger partial charge in [0, 0.05) is 6.20 Å². The summed E-state index contributed by atoms with van der Waals surface area (Å²) in [4.78, 5) is 19.9. The average Bonchev–Trinajstić information content (AvgIpc) is 2.96. The second-order valence-electron chi connectivity index (χ2n) is 4.21. The number of rotatable bonds is 2. The Hall–Kier alpha value is -2.63. The lowest BCUT2D eigenvalue weighted by atomic mass is 10.2. The molecule has 19 heavy (non-hydrogen) atoms. The van der Waals surface area contributed by atoms with E-state index in [1.807, 2.05) is 0 Å². The standard InChI is InChI=1S/C13H11N3O3/c1-7-11(13(17)18)16-8(2)14-6-9(12(16)15-7)10-4-3-5-19-10/h3-6H,1-2H3,(H,17,18). The van der Waals surface area contributed by atoms with Crippen LogP contribution in [0, 0.1) is 13.8 Å². The normalized spacial score (nSPS) is 11.1. The van der Waals surface area contributed by atoms with Crippen molar-refractivity contribution in [1.82, 2.24) is 14.4 Å². The number of furan rings is 1. The largest absolute Gasteiger partial charge is 0.477 e. The first-order valence-electron chi connectivity index (χ1n) is 5.71. The van der Waals surface area contributed by atoms with Crippen molar-refractivity contribution in [2.24, 2.45) is 0 Å². The number of carbonyl (C=O) groups is 1. The Bertz CT molecular complexity index is 772. The van der Waals surface area contributed by atoms with Gasteiger partial charge in [-0.05, 0) is 26.0 Å². The van der Waals surface area contributed by atoms with E-state index in [4.69, 9.17) is 4.42 Å². The molecule has 6 heteroatoms. The minimum atomic E-state index is -1.02. The Balaban J connectivity index is 2.43. The van der Waals surface area contributed by atoms with E-state index >= 15 is 0 Å². The maximum absolute atomic E-state index is 11.3. The first kappa shape index (κ1) is 11.5. The molecule has 0 unspecified atom stereocenters. The minimum Gasteiger partial charge on any atom is -0.477 e. The summed E-state index contributed by atoms with van der Waals surface area (Å²) in [6, 6.07) is 3.55. The predicted octanol–water partition coefficient (Wildman–Crippen LogP) is 2.30. The number of carboxylic acid groups (broad SMARTS) is 1. The third kappa shape index (κ3) is 1.61. The first-order chi connectivity index (χ1) is 9.09. The molecule has 0 atom stereocenters. The van der Waals surface area contributed by atoms with Gasteiger partial charge in [0.1, 0.15) is 11.6 Å². The van der Waals surface area contributed by atoms with Crippen LogP contribution < -0.4 is 0 Å². The summed E-state index contributed by atoms with van der Waals surface area (Å²) in [5.74, 6) is 0.161. The van der Waals surface area contributed by atoms with Crippen LogP contribution in [-0.4, -0.2) is 25.4 Å². The molecule has 0 amide bonds. The zero-order chi connectivity index (χ0) is 13.6. The second kappa shape index (κ2) is 3.94. The summed E-state index contributed by atoms with van der Waals surface area (Å²) in [6.45, 7) is 3.41. The van der Waals surface area contributed by atoms with Crippen LogP contribution in [0.3, 0.4) is 0 Å². The smallest absolute Gasteiger partial charge is 0.354 e. The number of carboxylic acids is 1. The van der Waals surface area contributed by atoms with Gasteiger partial charge in [-0.15, -0.1) is 0 Å². The zero-order valence-corrected chi connectivity index (χ0v) is 10.4. The molecule has 96 valence electrons. The molecule has 1 N–H and O–H groups in total. The molecule has 0 radical (unpaired) electrons. The minimum absolute atomic E-state index is 0.133. The number of aromatic carboxylic acids is 1. The third-order valence-corrected chi connectivity index (χ3v) is 2.99. The van der Waals surface area contributed by atoms with Crippen LogP contribution in [0.25, 0.3) is 17.0 Å². The van der Waals surface area contributed by atoms with Gasteiger partial charge in [0.05, 0.1) is 17.5 Å². The summed E-state index contributed by atoms with van der Waals surface area (Å²) < 4.78 is 6.87. The second-order valence-corrected chi connectivity index (χ2v) is 4.21. The SMILES string of the molecule is Cc1nc2c(-c3ccco3)cnc(C)n2c1C(=O)O. The van der Waals surface area contributed by atoms with Crippen molar-refractivity contribution in [2.45, 2.75) is 13.8 Å². The van der Waals surface area contributed by atoms with Crippen molar-refractivity contribution < 1.29 is 14.3 Å². The highest BCUT2D eigenvalue weighted by molar-refractivity contribution is 5.90. The van der Waals surface area contributed by atoms with Crippen LogP contribution in [-0.2, 0) is 0 Å². The van der Waals surface area contributed by atoms with Gasteiger partial charge in [-0.1, -0.05) is 0 Å². The molecule has 0 saturated heterocycles. The van der Waals surface area contributed by atoms with Crippen molar-refractivity contribution in [3.8, 4) is 11.3 Å². The average molecular weight is 257 g/mol. The van der Waals surface area contributed by atoms with Crippen LogP contribution in [0.2, 0.25) is 0 Å². The Morgan fingerprint density at radius 3 is 2.84 bits per heavy atom. The van der Waals surface area contributed by atoms with Crippen LogP contribution in [0.1, 0.15) is 22.0 Å². The van der Waals surface area contributed by atoms with E-state index in [2.05, 4.69) is 9.97 Å². The summed E-state index contributed by atoms with van der Waals surface area (Å²) in [5.41, 5.74) is 1.80. The van der Waals surface area contributed by atoms with Gasteiger partial charge in [0.25, 0.3) is 0 Å². The molecular formula is C13H11N3O3. The summed E-state index contributed by atoms with van der Waals surface area (Å²) in [6.07, 6.45) is 3.20. The summed E-state index contributed by atoms with van der Waals surface area (Å²) >= 11 is 0. The van der Waals surface area contributed by atoms with E-state index in [-0.39, 0.29) is 5.69 Å². The number of hydrogen-bond acceptors (Lipinski definition) is 4. The van der Waals surface area contributed by atoms with Gasteiger partial charge in [0.15, 0.2) is 11.3 Å². The van der Waals surface area contributed by atoms with E-state index in [9.17, 15) is 9.90 Å². The van der Waals surface area contributed by atoms with E-state index < -0.39 is 5.97 Å². The molecule has 0 saturated carbocycles. The van der Waals surface area contributed by atoms with E-state index in [0.717, 1.165) is 0 Å². The molecule has 0 aliphatic rings. The topological polar surface area (TPSA) is 80.6 Å². The predicted molar refractivity (Wildman–Crippen MR) is 67.1 cm³/mol. The van der Waals surface area contributed by atoms with Crippen molar-refractivity contribution in [3.63, 3.8) is 0 Å². The Morgan fingerprint density at radius 1 is 1.42 bits per heavy atom. The van der Waals surface area contributed by atoms with Crippen LogP contribution in [0.4, 0.5) is 0 Å². The molecule has 0 aliphatic carbocycles. The van der Waals surface area contributed by atoms with Gasteiger partial charge in [-0.25, -0.2) is 14.8 Å². The van der Waals surface area contributed by atoms with Gasteiger partial charge < -0.3 is 9.52 Å². The lowest BCUT2D eigenvalue weighted by molar-refractivity contribution is 0.0688. The summed E-state index contributed by atoms with van der Waals surface area (Å²) in [7, 11) is 0. The number of imidazole rings is 1. The van der Waals surface area contributed by atoms with Crippen LogP contribution in [0.15, 0.2) is 29.0 Å². The van der Waals surface area contributed by atoms with Crippen molar-refractivity contribution >= 4 is 11.6 Å². The number of nitrogens with zero attached hydrogens (tertiary/aromatic N) is 3. The highest BCUT2D eigenvalue weighted by atomic mass is 16.4. The van der Waals surface area contributed by atoms with Gasteiger partial charge in [-0.3, -0.25) is 4.40 Å². The highest BCUT2D eigenvalue weighted by Crippen LogP contribution is 2.26. The maximum atomic E-state index is 11.3. The molecule has 0 aliphatic heterocycles. The van der Waals surface area contributed by atoms with E-state index in [0.29, 0.717) is 28.5 Å². The van der Waals surface area contributed by atoms with Crippen molar-refractivity contribution in [3.05, 3.63) is 41.8 Å². The Labute approximate surface area is 108 Å². The number of fused-ring (bicyclic) bond motifs is 1. The zero-order valence-electron chi connectivity index (χ0n) is 10.4. The molecule has 3 aromatic heterocycles. The monoisotopic (exact) mass is 257 g/mol. The van der Waals surface area contributed by atoms with Crippen LogP contribution in [0.5, 0.6) is 0 Å². The Morgan fingerprint density at radius 2 is 2.21 bits per heavy atom. The molecule has 6 nitrogen and oxygen atoms in total. The van der Waals surface area contributed by atoms with E-state index in [1.54, 1.807) is 38.4 Å². The van der Waals surface area contributed by atoms with Crippen LogP contribution >= 0.6 is 0 Å². The fourth-order valence-corrected chi connectivity index (χ4v) is 2.15. The molecule has 0 fully saturated rings. The molecule has 0 aromatic carbocycles. The third-order valence-electron chi connectivity index (χ3n) is 2.99. The van der Waals surface area contributed by atoms with Crippen molar-refractivity contribution in [2.75, 3.05) is 0 Å². The van der Waals surface area contributed by atoms with Gasteiger partial charge in [-0.2, -0.15) is 0 Å². The molecule has 3 heterocycles. The summed E-state index contributed by atoms with van der Waals surface area (Å²) in [5, 5.41) is 9.29. The fraction of sp³-hybridized carbons (Fsp3) is 0.154. The molecule has 3 aromatic rings. The first-order valence-corrected chi connectivity index (χ1v) is 5.71. The van der Waals surface area contributed by atoms with Crippen molar-refractivity contribution in [1.29, 1.82) is 0 Å². The van der Waals surface area contributed by atoms with E-state index in [1.165, 1.54) is 4.40 Å². The fourth-order valence-electron chi connectivity index (χ4n) is 2.15. The Kier molecular flexibility index (Phi) is 2.38. The quantitative estimate of drug-likeness (QED) is 0.761. The number of hydrogen-bond donors (Lipinski definition) is 1. The lowest BCUT2D eigenvalue weighted by Crippen LogP contribution is -2.07. The van der Waals surface area contributed by atoms with Gasteiger partial charge in [0.2, 0.25) is 0 Å². The number of aryl methyl sites for hydroxylation is 2. The highest BCUT2D eigenvalue weighted by Gasteiger charge is 2.20. The maximum Gasteiger partial charge on any atom is 0.354 e.